The average Bonchev–Trinajstić information content (AvgIpc) is 2.52. The minimum Gasteiger partial charge on any atom is -0.381 e. The van der Waals surface area contributed by atoms with E-state index in [4.69, 9.17) is 26.7 Å². The van der Waals surface area contributed by atoms with Gasteiger partial charge in [0.1, 0.15) is 0 Å². The first kappa shape index (κ1) is 29.6. The van der Waals surface area contributed by atoms with E-state index in [1.807, 2.05) is 0 Å². The van der Waals surface area contributed by atoms with E-state index in [2.05, 4.69) is 41.5 Å². The standard InChI is InChI=1S/C8H19NO.C7H17NO.C5H13N/c1-8(2)4-7-10-6-3-5-9;1-7(2)3-5-9-6-4-8;1-5(2)3-4-6/h8H,3-7,9H2,1-2H3;7H,3-6,8H2,1-2H3;5H,3-4,6H2,1-2H3. The van der Waals surface area contributed by atoms with Gasteiger partial charge in [0, 0.05) is 26.4 Å². The molecule has 6 N–H and O–H groups in total. The van der Waals surface area contributed by atoms with Crippen molar-refractivity contribution >= 4 is 0 Å². The second kappa shape index (κ2) is 26.0. The van der Waals surface area contributed by atoms with E-state index in [1.165, 1.54) is 0 Å². The fourth-order valence-electron chi connectivity index (χ4n) is 1.44. The predicted molar refractivity (Wildman–Crippen MR) is 112 cm³/mol. The zero-order valence-electron chi connectivity index (χ0n) is 18.1. The molecule has 0 aromatic carbocycles. The van der Waals surface area contributed by atoms with Crippen LogP contribution in [0.3, 0.4) is 0 Å². The molecule has 25 heavy (non-hydrogen) atoms. The van der Waals surface area contributed by atoms with Crippen LogP contribution in [0.25, 0.3) is 0 Å². The highest BCUT2D eigenvalue weighted by Crippen LogP contribution is 1.99. The van der Waals surface area contributed by atoms with Crippen LogP contribution in [0.2, 0.25) is 0 Å². The second-order valence-corrected chi connectivity index (χ2v) is 7.49. The predicted octanol–water partition coefficient (Wildman–Crippen LogP) is 3.40. The molecule has 5 heteroatoms. The normalized spacial score (nSPS) is 10.6. The Kier molecular flexibility index (Phi) is 30.8. The van der Waals surface area contributed by atoms with Gasteiger partial charge in [-0.15, -0.1) is 0 Å². The molecular weight excluding hydrogens is 314 g/mol. The summed E-state index contributed by atoms with van der Waals surface area (Å²) in [5.74, 6) is 2.26. The first-order valence-corrected chi connectivity index (χ1v) is 10.1. The van der Waals surface area contributed by atoms with Crippen LogP contribution < -0.4 is 17.2 Å². The van der Waals surface area contributed by atoms with E-state index >= 15 is 0 Å². The van der Waals surface area contributed by atoms with Crippen LogP contribution >= 0.6 is 0 Å². The Bertz CT molecular complexity index is 213. The largest absolute Gasteiger partial charge is 0.381 e. The van der Waals surface area contributed by atoms with E-state index in [0.717, 1.165) is 76.3 Å². The molecular formula is C20H49N3O2. The molecule has 0 atom stereocenters. The highest BCUT2D eigenvalue weighted by atomic mass is 16.5. The summed E-state index contributed by atoms with van der Waals surface area (Å²) in [6, 6.07) is 0. The smallest absolute Gasteiger partial charge is 0.0588 e. The van der Waals surface area contributed by atoms with E-state index in [-0.39, 0.29) is 0 Å². The number of hydrogen-bond donors (Lipinski definition) is 3. The highest BCUT2D eigenvalue weighted by molar-refractivity contribution is 4.44. The Labute approximate surface area is 158 Å². The molecule has 0 aliphatic heterocycles. The third-order valence-corrected chi connectivity index (χ3v) is 3.18. The SMILES string of the molecule is CC(C)CCN.CC(C)CCOCCCN.CC(C)CCOCCN. The third kappa shape index (κ3) is 45.3. The van der Waals surface area contributed by atoms with Gasteiger partial charge in [-0.05, 0) is 56.5 Å². The molecule has 0 unspecified atom stereocenters. The van der Waals surface area contributed by atoms with Gasteiger partial charge in [-0.3, -0.25) is 0 Å². The van der Waals surface area contributed by atoms with Crippen LogP contribution in [0.5, 0.6) is 0 Å². The van der Waals surface area contributed by atoms with Crippen molar-refractivity contribution in [2.24, 2.45) is 35.0 Å². The summed E-state index contributed by atoms with van der Waals surface area (Å²) in [6.07, 6.45) is 4.43. The van der Waals surface area contributed by atoms with Crippen LogP contribution in [0.15, 0.2) is 0 Å². The number of nitrogens with two attached hydrogens (primary N) is 3. The summed E-state index contributed by atoms with van der Waals surface area (Å²) in [4.78, 5) is 0. The average molecular weight is 364 g/mol. The third-order valence-electron chi connectivity index (χ3n) is 3.18. The lowest BCUT2D eigenvalue weighted by atomic mass is 10.1. The lowest BCUT2D eigenvalue weighted by Crippen LogP contribution is -2.09. The minimum absolute atomic E-state index is 0.637. The van der Waals surface area contributed by atoms with Gasteiger partial charge in [0.15, 0.2) is 0 Å². The maximum Gasteiger partial charge on any atom is 0.0588 e. The molecule has 0 aromatic heterocycles. The molecule has 0 saturated carbocycles. The maximum absolute atomic E-state index is 5.30. The second-order valence-electron chi connectivity index (χ2n) is 7.49. The van der Waals surface area contributed by atoms with Crippen molar-refractivity contribution in [3.8, 4) is 0 Å². The molecule has 0 fully saturated rings. The Morgan fingerprint density at radius 1 is 0.520 bits per heavy atom. The molecule has 0 aliphatic carbocycles. The summed E-state index contributed by atoms with van der Waals surface area (Å²) in [6.45, 7) is 18.6. The molecule has 0 aromatic rings. The van der Waals surface area contributed by atoms with Crippen LogP contribution in [0, 0.1) is 17.8 Å². The first-order valence-electron chi connectivity index (χ1n) is 10.1. The maximum atomic E-state index is 5.30. The summed E-state index contributed by atoms with van der Waals surface area (Å²) in [5.41, 5.74) is 15.7. The van der Waals surface area contributed by atoms with Gasteiger partial charge in [0.25, 0.3) is 0 Å². The van der Waals surface area contributed by atoms with Crippen molar-refractivity contribution in [3.05, 3.63) is 0 Å². The molecule has 0 heterocycles. The van der Waals surface area contributed by atoms with Gasteiger partial charge < -0.3 is 26.7 Å². The zero-order valence-corrected chi connectivity index (χ0v) is 18.1. The van der Waals surface area contributed by atoms with Crippen LogP contribution in [0.4, 0.5) is 0 Å². The summed E-state index contributed by atoms with van der Waals surface area (Å²) >= 11 is 0. The van der Waals surface area contributed by atoms with Gasteiger partial charge in [-0.1, -0.05) is 41.5 Å². The van der Waals surface area contributed by atoms with E-state index in [0.29, 0.717) is 13.2 Å². The van der Waals surface area contributed by atoms with Crippen molar-refractivity contribution in [1.82, 2.24) is 0 Å². The fourth-order valence-corrected chi connectivity index (χ4v) is 1.44. The molecule has 0 bridgehead atoms. The van der Waals surface area contributed by atoms with E-state index in [1.54, 1.807) is 0 Å². The van der Waals surface area contributed by atoms with Gasteiger partial charge >= 0.3 is 0 Å². The minimum atomic E-state index is 0.637. The molecule has 0 radical (unpaired) electrons. The monoisotopic (exact) mass is 363 g/mol. The summed E-state index contributed by atoms with van der Waals surface area (Å²) < 4.78 is 10.5. The number of ether oxygens (including phenoxy) is 2. The van der Waals surface area contributed by atoms with Gasteiger partial charge in [-0.2, -0.15) is 0 Å². The lowest BCUT2D eigenvalue weighted by molar-refractivity contribution is 0.122. The molecule has 5 nitrogen and oxygen atoms in total. The number of hydrogen-bond acceptors (Lipinski definition) is 5. The Hall–Kier alpha value is -0.200. The summed E-state index contributed by atoms with van der Waals surface area (Å²) in [5, 5.41) is 0. The van der Waals surface area contributed by atoms with Crippen LogP contribution in [-0.2, 0) is 9.47 Å². The van der Waals surface area contributed by atoms with E-state index in [9.17, 15) is 0 Å². The zero-order chi connectivity index (χ0) is 19.9. The fraction of sp³-hybridized carbons (Fsp3) is 1.00. The van der Waals surface area contributed by atoms with Crippen LogP contribution in [-0.4, -0.2) is 46.1 Å². The molecule has 0 saturated heterocycles. The van der Waals surface area contributed by atoms with Crippen molar-refractivity contribution in [2.75, 3.05) is 46.1 Å². The molecule has 0 amide bonds. The van der Waals surface area contributed by atoms with Crippen molar-refractivity contribution in [3.63, 3.8) is 0 Å². The topological polar surface area (TPSA) is 96.5 Å². The Balaban J connectivity index is -0.000000300. The van der Waals surface area contributed by atoms with Crippen LogP contribution in [0.1, 0.15) is 67.2 Å². The molecule has 0 spiro atoms. The molecule has 0 rings (SSSR count). The van der Waals surface area contributed by atoms with Gasteiger partial charge in [-0.25, -0.2) is 0 Å². The Morgan fingerprint density at radius 3 is 1.24 bits per heavy atom. The van der Waals surface area contributed by atoms with Gasteiger partial charge in [0.05, 0.1) is 6.61 Å². The Morgan fingerprint density at radius 2 is 0.960 bits per heavy atom. The van der Waals surface area contributed by atoms with E-state index < -0.39 is 0 Å². The van der Waals surface area contributed by atoms with Crippen molar-refractivity contribution in [1.29, 1.82) is 0 Å². The molecule has 156 valence electrons. The molecule has 0 aliphatic rings. The first-order chi connectivity index (χ1) is 11.8. The van der Waals surface area contributed by atoms with Gasteiger partial charge in [0.2, 0.25) is 0 Å². The van der Waals surface area contributed by atoms with Crippen molar-refractivity contribution in [2.45, 2.75) is 67.2 Å². The lowest BCUT2D eigenvalue weighted by Gasteiger charge is -2.04. The highest BCUT2D eigenvalue weighted by Gasteiger charge is 1.93. The summed E-state index contributed by atoms with van der Waals surface area (Å²) in [7, 11) is 0. The van der Waals surface area contributed by atoms with Crippen molar-refractivity contribution < 1.29 is 9.47 Å². The number of rotatable bonds is 13. The quantitative estimate of drug-likeness (QED) is 0.436.